The smallest absolute Gasteiger partial charge is 0.194 e. The van der Waals surface area contributed by atoms with E-state index in [0.717, 1.165) is 45.3 Å². The van der Waals surface area contributed by atoms with Gasteiger partial charge in [-0.05, 0) is 60.4 Å². The summed E-state index contributed by atoms with van der Waals surface area (Å²) in [5.41, 5.74) is 2.16. The zero-order chi connectivity index (χ0) is 34.8. The van der Waals surface area contributed by atoms with E-state index in [1.54, 1.807) is 28.4 Å². The Morgan fingerprint density at radius 2 is 0.714 bits per heavy atom. The lowest BCUT2D eigenvalue weighted by atomic mass is 9.76. The molecule has 0 aliphatic carbocycles. The summed E-state index contributed by atoms with van der Waals surface area (Å²) >= 11 is 0. The first kappa shape index (κ1) is 33.9. The highest BCUT2D eigenvalue weighted by Gasteiger charge is 2.54. The summed E-state index contributed by atoms with van der Waals surface area (Å²) in [5, 5.41) is 0. The molecule has 4 aromatic carbocycles. The summed E-state index contributed by atoms with van der Waals surface area (Å²) in [7, 11) is 6.68. The first-order valence-corrected chi connectivity index (χ1v) is 16.8. The van der Waals surface area contributed by atoms with Gasteiger partial charge in [-0.25, -0.2) is 9.98 Å². The summed E-state index contributed by atoms with van der Waals surface area (Å²) in [6.45, 7) is 8.72. The Morgan fingerprint density at radius 1 is 0.469 bits per heavy atom. The Balaban J connectivity index is 1.42. The van der Waals surface area contributed by atoms with Crippen molar-refractivity contribution < 1.29 is 28.4 Å². The van der Waals surface area contributed by atoms with Crippen LogP contribution in [0.5, 0.6) is 23.0 Å². The quantitative estimate of drug-likeness (QED) is 0.152. The van der Waals surface area contributed by atoms with Gasteiger partial charge in [-0.1, -0.05) is 76.2 Å². The second-order valence-corrected chi connectivity index (χ2v) is 13.2. The molecule has 0 saturated heterocycles. The molecule has 2 atom stereocenters. The summed E-state index contributed by atoms with van der Waals surface area (Å²) in [4.78, 5) is 10.6. The van der Waals surface area contributed by atoms with Gasteiger partial charge in [-0.2, -0.15) is 0 Å². The molecule has 49 heavy (non-hydrogen) atoms. The van der Waals surface area contributed by atoms with Crippen LogP contribution < -0.4 is 18.9 Å². The molecular formula is C41H46N2O6. The third kappa shape index (κ3) is 6.09. The molecular weight excluding hydrogens is 616 g/mol. The molecule has 256 valence electrons. The van der Waals surface area contributed by atoms with Crippen molar-refractivity contribution in [3.8, 4) is 23.0 Å². The molecule has 0 unspecified atom stereocenters. The van der Waals surface area contributed by atoms with E-state index >= 15 is 0 Å². The maximum Gasteiger partial charge on any atom is 0.194 e. The zero-order valence-corrected chi connectivity index (χ0v) is 29.6. The average molecular weight is 663 g/mol. The Bertz CT molecular complexity index is 1550. The Morgan fingerprint density at radius 3 is 0.918 bits per heavy atom. The van der Waals surface area contributed by atoms with Gasteiger partial charge in [-0.15, -0.1) is 0 Å². The lowest BCUT2D eigenvalue weighted by molar-refractivity contribution is 0.0721. The highest BCUT2D eigenvalue weighted by atomic mass is 16.5. The first-order valence-electron chi connectivity index (χ1n) is 16.8. The van der Waals surface area contributed by atoms with Crippen molar-refractivity contribution in [3.05, 3.63) is 119 Å². The topological polar surface area (TPSA) is 80.1 Å². The van der Waals surface area contributed by atoms with Crippen LogP contribution in [0.4, 0.5) is 0 Å². The predicted molar refractivity (Wildman–Crippen MR) is 192 cm³/mol. The molecule has 0 saturated carbocycles. The number of benzene rings is 4. The van der Waals surface area contributed by atoms with Crippen molar-refractivity contribution in [3.63, 3.8) is 0 Å². The van der Waals surface area contributed by atoms with Crippen LogP contribution in [0.1, 0.15) is 56.4 Å². The van der Waals surface area contributed by atoms with Crippen molar-refractivity contribution in [2.24, 2.45) is 21.8 Å². The highest BCUT2D eigenvalue weighted by Crippen LogP contribution is 2.49. The third-order valence-corrected chi connectivity index (χ3v) is 9.60. The summed E-state index contributed by atoms with van der Waals surface area (Å²) in [5.74, 6) is 4.54. The second kappa shape index (κ2) is 13.9. The number of hydrogen-bond donors (Lipinski definition) is 0. The first-order chi connectivity index (χ1) is 23.7. The fourth-order valence-electron chi connectivity index (χ4n) is 7.17. The molecule has 2 heterocycles. The average Bonchev–Trinajstić information content (AvgIpc) is 3.72. The molecule has 2 aliphatic rings. The highest BCUT2D eigenvalue weighted by molar-refractivity contribution is 5.99. The summed E-state index contributed by atoms with van der Waals surface area (Å²) in [6, 6.07) is 31.8. The van der Waals surface area contributed by atoms with Crippen molar-refractivity contribution in [2.75, 3.05) is 28.4 Å². The molecule has 4 aromatic rings. The lowest BCUT2D eigenvalue weighted by Crippen LogP contribution is -2.42. The van der Waals surface area contributed by atoms with Crippen LogP contribution in [0.3, 0.4) is 0 Å². The number of ether oxygens (including phenoxy) is 6. The van der Waals surface area contributed by atoms with Gasteiger partial charge >= 0.3 is 0 Å². The van der Waals surface area contributed by atoms with Crippen LogP contribution >= 0.6 is 0 Å². The van der Waals surface area contributed by atoms with E-state index in [2.05, 4.69) is 76.2 Å². The molecule has 0 bridgehead atoms. The number of hydrogen-bond acceptors (Lipinski definition) is 8. The normalized spacial score (nSPS) is 19.1. The molecule has 0 aromatic heterocycles. The van der Waals surface area contributed by atoms with E-state index in [0.29, 0.717) is 18.2 Å². The predicted octanol–water partition coefficient (Wildman–Crippen LogP) is 8.21. The van der Waals surface area contributed by atoms with Crippen molar-refractivity contribution in [1.82, 2.24) is 0 Å². The van der Waals surface area contributed by atoms with Crippen molar-refractivity contribution >= 4 is 11.8 Å². The van der Waals surface area contributed by atoms with Gasteiger partial charge in [0, 0.05) is 22.3 Å². The van der Waals surface area contributed by atoms with E-state index < -0.39 is 11.2 Å². The van der Waals surface area contributed by atoms with Crippen LogP contribution in [0.2, 0.25) is 0 Å². The standard InChI is InChI=1S/C41H46N2O6/c1-26(2)38-40(28-9-17-32(44-5)18-10-28,29-11-19-33(45-6)20-12-29)48-36(42-38)25-37-43-39(27(3)4)41(49-37,30-13-21-34(46-7)22-14-30)31-15-23-35(47-8)24-16-31/h9-24,26-27,38-39H,25H2,1-8H3/t38-,39-/m1/s1. The van der Waals surface area contributed by atoms with Gasteiger partial charge in [0.1, 0.15) is 35.1 Å². The summed E-state index contributed by atoms with van der Waals surface area (Å²) in [6.07, 6.45) is 0.300. The van der Waals surface area contributed by atoms with E-state index in [4.69, 9.17) is 38.4 Å². The monoisotopic (exact) mass is 662 g/mol. The molecule has 0 fully saturated rings. The number of methoxy groups -OCH3 is 4. The SMILES string of the molecule is COc1ccc(C2(c3ccc(OC)cc3)OC(CC3=N[C@H](C(C)C)C(c4ccc(OC)cc4)(c4ccc(OC)cc4)O3)=N[C@@H]2C(C)C)cc1. The van der Waals surface area contributed by atoms with E-state index in [9.17, 15) is 0 Å². The number of aliphatic imine (C=N–C) groups is 2. The van der Waals surface area contributed by atoms with E-state index in [1.807, 2.05) is 48.5 Å². The van der Waals surface area contributed by atoms with Crippen LogP contribution in [0.15, 0.2) is 107 Å². The molecule has 0 spiro atoms. The molecule has 8 heteroatoms. The second-order valence-electron chi connectivity index (χ2n) is 13.2. The maximum absolute atomic E-state index is 7.11. The van der Waals surface area contributed by atoms with Gasteiger partial charge in [0.05, 0.1) is 34.9 Å². The lowest BCUT2D eigenvalue weighted by Gasteiger charge is -2.37. The molecule has 0 amide bonds. The number of rotatable bonds is 12. The molecule has 6 rings (SSSR count). The van der Waals surface area contributed by atoms with Crippen LogP contribution in [-0.2, 0) is 20.7 Å². The van der Waals surface area contributed by atoms with Crippen molar-refractivity contribution in [2.45, 2.75) is 57.4 Å². The molecule has 2 aliphatic heterocycles. The molecule has 0 N–H and O–H groups in total. The van der Waals surface area contributed by atoms with Crippen LogP contribution in [0, 0.1) is 11.8 Å². The molecule has 0 radical (unpaired) electrons. The Hall–Kier alpha value is -4.98. The van der Waals surface area contributed by atoms with E-state index in [-0.39, 0.29) is 23.9 Å². The van der Waals surface area contributed by atoms with Crippen LogP contribution in [-0.4, -0.2) is 52.3 Å². The zero-order valence-electron chi connectivity index (χ0n) is 29.6. The fourth-order valence-corrected chi connectivity index (χ4v) is 7.17. The van der Waals surface area contributed by atoms with Gasteiger partial charge in [-0.3, -0.25) is 0 Å². The van der Waals surface area contributed by atoms with Gasteiger partial charge in [0.2, 0.25) is 0 Å². The number of nitrogens with zero attached hydrogens (tertiary/aromatic N) is 2. The fraction of sp³-hybridized carbons (Fsp3) is 0.366. The maximum atomic E-state index is 7.11. The van der Waals surface area contributed by atoms with Gasteiger partial charge in [0.15, 0.2) is 23.0 Å². The minimum atomic E-state index is -0.887. The molecule has 8 nitrogen and oxygen atoms in total. The van der Waals surface area contributed by atoms with Crippen molar-refractivity contribution in [1.29, 1.82) is 0 Å². The Kier molecular flexibility index (Phi) is 9.59. The van der Waals surface area contributed by atoms with Gasteiger partial charge in [0.25, 0.3) is 0 Å². The van der Waals surface area contributed by atoms with E-state index in [1.165, 1.54) is 0 Å². The summed E-state index contributed by atoms with van der Waals surface area (Å²) < 4.78 is 36.2. The Labute approximate surface area is 289 Å². The third-order valence-electron chi connectivity index (χ3n) is 9.60. The largest absolute Gasteiger partial charge is 0.497 e. The van der Waals surface area contributed by atoms with Crippen LogP contribution in [0.25, 0.3) is 0 Å². The minimum absolute atomic E-state index is 0.147. The minimum Gasteiger partial charge on any atom is -0.497 e. The van der Waals surface area contributed by atoms with Gasteiger partial charge < -0.3 is 28.4 Å².